The fourth-order valence-electron chi connectivity index (χ4n) is 3.34. The second-order valence-corrected chi connectivity index (χ2v) is 13.1. The molecule has 0 bridgehead atoms. The standard InChI is InChI=1S/2C8H17.2C5H4N2O4.Sn/c2*1-3-5-7-8-6-4-2;2*8-3-1-2(4(9)10)6-5(11)7-3;/h2*1,3-8H2,2H3;2*1H,(H,9,10)(H2,6,7,8,11);/q;;;;+2/p-2. The van der Waals surface area contributed by atoms with Crippen LogP contribution in [0.1, 0.15) is 112 Å². The summed E-state index contributed by atoms with van der Waals surface area (Å²) in [5.41, 5.74) is -4.33. The van der Waals surface area contributed by atoms with Gasteiger partial charge in [0.05, 0.1) is 23.3 Å². The zero-order valence-corrected chi connectivity index (χ0v) is 25.7. The van der Waals surface area contributed by atoms with Gasteiger partial charge in [0.15, 0.2) is 0 Å². The number of aromatic carboxylic acids is 2. The van der Waals surface area contributed by atoms with E-state index in [0.717, 1.165) is 12.1 Å². The average Bonchev–Trinajstić information content (AvgIpc) is 2.86. The van der Waals surface area contributed by atoms with Gasteiger partial charge in [-0.2, -0.15) is 0 Å². The number of nitrogens with one attached hydrogen (secondary N) is 4. The Hall–Kier alpha value is -2.90. The van der Waals surface area contributed by atoms with Gasteiger partial charge in [0, 0.05) is 12.1 Å². The number of carboxylic acid groups (broad SMARTS) is 2. The Morgan fingerprint density at radius 3 is 1.23 bits per heavy atom. The SMILES string of the molecule is CCCCCCC[CH2][Sn+2][CH2]CCCCCCC.O=C([O-])c1cc(=O)[nH]c(=O)[nH]1.O=C([O-])c1cc(=O)[nH]c(=O)[nH]1. The van der Waals surface area contributed by atoms with E-state index < -0.39 is 45.8 Å². The number of aromatic amines is 4. The maximum absolute atomic E-state index is 10.4. The third kappa shape index (κ3) is 20.7. The molecule has 4 N–H and O–H groups in total. The van der Waals surface area contributed by atoms with Gasteiger partial charge >= 0.3 is 132 Å². The number of unbranched alkanes of at least 4 members (excludes halogenated alkanes) is 10. The van der Waals surface area contributed by atoms with Gasteiger partial charge in [0.1, 0.15) is 0 Å². The summed E-state index contributed by atoms with van der Waals surface area (Å²) in [5.74, 6) is -3.18. The second kappa shape index (κ2) is 23.0. The molecule has 2 rings (SSSR count). The van der Waals surface area contributed by atoms with Crippen LogP contribution in [0.4, 0.5) is 0 Å². The Bertz CT molecular complexity index is 1040. The first-order valence-corrected chi connectivity index (χ1v) is 17.4. The van der Waals surface area contributed by atoms with Crippen LogP contribution < -0.4 is 32.7 Å². The van der Waals surface area contributed by atoms with Gasteiger partial charge in [-0.1, -0.05) is 0 Å². The second-order valence-electron chi connectivity index (χ2n) is 8.86. The maximum atomic E-state index is 10.4. The van der Waals surface area contributed by atoms with E-state index in [0.29, 0.717) is 0 Å². The Morgan fingerprint density at radius 1 is 0.590 bits per heavy atom. The first-order chi connectivity index (χ1) is 18.6. The Balaban J connectivity index is 0.000000575. The van der Waals surface area contributed by atoms with Crippen molar-refractivity contribution in [3.63, 3.8) is 0 Å². The summed E-state index contributed by atoms with van der Waals surface area (Å²) >= 11 is 0.0736. The third-order valence-electron chi connectivity index (χ3n) is 5.37. The maximum Gasteiger partial charge on any atom is 0.326 e. The van der Waals surface area contributed by atoms with Gasteiger partial charge < -0.3 is 29.8 Å². The van der Waals surface area contributed by atoms with E-state index in [-0.39, 0.29) is 21.1 Å². The molecule has 2 aromatic heterocycles. The number of carboxylic acids is 2. The molecule has 12 nitrogen and oxygen atoms in total. The summed E-state index contributed by atoms with van der Waals surface area (Å²) in [5, 5.41) is 20.1. The normalized spacial score (nSPS) is 9.90. The predicted octanol–water partition coefficient (Wildman–Crippen LogP) is 1.10. The van der Waals surface area contributed by atoms with Crippen molar-refractivity contribution >= 4 is 33.1 Å². The first kappa shape index (κ1) is 36.1. The summed E-state index contributed by atoms with van der Waals surface area (Å²) < 4.78 is 3.31. The number of hydrogen-bond donors (Lipinski definition) is 4. The van der Waals surface area contributed by atoms with Crippen LogP contribution >= 0.6 is 0 Å². The average molecular weight is 655 g/mol. The van der Waals surface area contributed by atoms with Gasteiger partial charge in [0.2, 0.25) is 0 Å². The molecule has 0 atom stereocenters. The molecular weight excluding hydrogens is 615 g/mol. The van der Waals surface area contributed by atoms with Crippen molar-refractivity contribution in [1.29, 1.82) is 0 Å². The first-order valence-electron chi connectivity index (χ1n) is 13.4. The molecule has 0 unspecified atom stereocenters. The van der Waals surface area contributed by atoms with Gasteiger partial charge in [-0.25, -0.2) is 9.59 Å². The molecule has 0 aromatic carbocycles. The van der Waals surface area contributed by atoms with E-state index in [1.165, 1.54) is 64.2 Å². The zero-order valence-electron chi connectivity index (χ0n) is 22.8. The molecule has 0 saturated carbocycles. The van der Waals surface area contributed by atoms with Gasteiger partial charge in [-0.3, -0.25) is 19.6 Å². The molecular formula is C26H40N4O8Sn. The smallest absolute Gasteiger partial charge is 0.326 e. The van der Waals surface area contributed by atoms with E-state index in [1.807, 2.05) is 19.9 Å². The van der Waals surface area contributed by atoms with Crippen molar-refractivity contribution in [1.82, 2.24) is 19.9 Å². The minimum atomic E-state index is -1.59. The molecule has 2 aromatic rings. The molecule has 13 heteroatoms. The predicted molar refractivity (Wildman–Crippen MR) is 146 cm³/mol. The van der Waals surface area contributed by atoms with E-state index in [2.05, 4.69) is 13.8 Å². The van der Waals surface area contributed by atoms with E-state index >= 15 is 0 Å². The summed E-state index contributed by atoms with van der Waals surface area (Å²) in [7, 11) is 0. The van der Waals surface area contributed by atoms with Crippen LogP contribution in [0.5, 0.6) is 0 Å². The third-order valence-corrected chi connectivity index (χ3v) is 9.41. The molecule has 0 aliphatic heterocycles. The van der Waals surface area contributed by atoms with Crippen LogP contribution in [0.15, 0.2) is 31.3 Å². The molecule has 2 heterocycles. The van der Waals surface area contributed by atoms with Crippen molar-refractivity contribution in [3.8, 4) is 0 Å². The quantitative estimate of drug-likeness (QED) is 0.152. The summed E-state index contributed by atoms with van der Waals surface area (Å²) in [6.07, 6.45) is 17.8. The molecule has 0 aliphatic carbocycles. The summed E-state index contributed by atoms with van der Waals surface area (Å²) in [4.78, 5) is 69.2. The number of rotatable bonds is 16. The number of hydrogen-bond acceptors (Lipinski definition) is 8. The van der Waals surface area contributed by atoms with E-state index in [1.54, 1.807) is 21.7 Å². The fraction of sp³-hybridized carbons (Fsp3) is 0.615. The van der Waals surface area contributed by atoms with Gasteiger partial charge in [-0.05, 0) is 0 Å². The van der Waals surface area contributed by atoms with Crippen LogP contribution in [-0.2, 0) is 0 Å². The van der Waals surface area contributed by atoms with E-state index in [4.69, 9.17) is 0 Å². The van der Waals surface area contributed by atoms with Crippen molar-refractivity contribution in [2.45, 2.75) is 99.8 Å². The van der Waals surface area contributed by atoms with E-state index in [9.17, 15) is 39.0 Å². The summed E-state index contributed by atoms with van der Waals surface area (Å²) in [6.45, 7) is 4.60. The fourth-order valence-corrected chi connectivity index (χ4v) is 6.91. The van der Waals surface area contributed by atoms with Crippen LogP contribution in [-0.4, -0.2) is 53.0 Å². The van der Waals surface area contributed by atoms with Crippen LogP contribution in [0.25, 0.3) is 0 Å². The zero-order chi connectivity index (χ0) is 29.5. The van der Waals surface area contributed by atoms with Crippen molar-refractivity contribution in [2.24, 2.45) is 0 Å². The molecule has 0 spiro atoms. The van der Waals surface area contributed by atoms with Gasteiger partial charge in [-0.15, -0.1) is 0 Å². The van der Waals surface area contributed by atoms with Crippen molar-refractivity contribution < 1.29 is 19.8 Å². The molecule has 0 aliphatic rings. The van der Waals surface area contributed by atoms with Crippen LogP contribution in [0, 0.1) is 0 Å². The Morgan fingerprint density at radius 2 is 0.923 bits per heavy atom. The largest absolute Gasteiger partial charge is 0.543 e. The molecule has 0 amide bonds. The van der Waals surface area contributed by atoms with Crippen LogP contribution in [0.3, 0.4) is 0 Å². The molecule has 0 radical (unpaired) electrons. The number of H-pyrrole nitrogens is 4. The monoisotopic (exact) mass is 656 g/mol. The topological polar surface area (TPSA) is 212 Å². The number of carbonyl (C=O) groups is 2. The molecule has 216 valence electrons. The molecule has 0 fully saturated rings. The summed E-state index contributed by atoms with van der Waals surface area (Å²) in [6, 6.07) is 1.47. The number of aromatic nitrogens is 4. The molecule has 39 heavy (non-hydrogen) atoms. The molecule has 0 saturated heterocycles. The van der Waals surface area contributed by atoms with Crippen molar-refractivity contribution in [2.75, 3.05) is 0 Å². The Labute approximate surface area is 237 Å². The minimum absolute atomic E-state index is 0.0736. The minimum Gasteiger partial charge on any atom is -0.543 e. The number of carbonyl (C=O) groups excluding carboxylic acids is 2. The van der Waals surface area contributed by atoms with Crippen molar-refractivity contribution in [3.05, 3.63) is 65.2 Å². The Kier molecular flexibility index (Phi) is 21.3. The van der Waals surface area contributed by atoms with Gasteiger partial charge in [0.25, 0.3) is 11.1 Å². The van der Waals surface area contributed by atoms with Crippen LogP contribution in [0.2, 0.25) is 8.87 Å².